The quantitative estimate of drug-likeness (QED) is 0.640. The number of likely N-dealkylation sites (tertiary alicyclic amines) is 1. The first-order chi connectivity index (χ1) is 8.38. The molecule has 7 heteroatoms. The highest BCUT2D eigenvalue weighted by atomic mass is 16.4. The van der Waals surface area contributed by atoms with Gasteiger partial charge in [0.2, 0.25) is 5.91 Å². The molecule has 102 valence electrons. The van der Waals surface area contributed by atoms with E-state index in [1.165, 1.54) is 7.05 Å². The van der Waals surface area contributed by atoms with Gasteiger partial charge in [0, 0.05) is 13.6 Å². The summed E-state index contributed by atoms with van der Waals surface area (Å²) >= 11 is 0. The lowest BCUT2D eigenvalue weighted by Gasteiger charge is -2.28. The first-order valence-corrected chi connectivity index (χ1v) is 5.89. The minimum atomic E-state index is -0.931. The van der Waals surface area contributed by atoms with Crippen molar-refractivity contribution < 1.29 is 19.5 Å². The fraction of sp³-hybridized carbons (Fsp3) is 0.727. The van der Waals surface area contributed by atoms with E-state index < -0.39 is 30.0 Å². The zero-order valence-electron chi connectivity index (χ0n) is 10.8. The van der Waals surface area contributed by atoms with Crippen LogP contribution in [0.4, 0.5) is 4.79 Å². The number of carboxylic acid groups (broad SMARTS) is 1. The average Bonchev–Trinajstić information content (AvgIpc) is 2.69. The van der Waals surface area contributed by atoms with Crippen molar-refractivity contribution in [2.24, 2.45) is 5.92 Å². The Hall–Kier alpha value is -1.63. The van der Waals surface area contributed by atoms with Crippen LogP contribution in [0.1, 0.15) is 20.3 Å². The third-order valence-corrected chi connectivity index (χ3v) is 3.33. The number of nitrogens with one attached hydrogen (secondary N) is 2. The Morgan fingerprint density at radius 2 is 2.00 bits per heavy atom. The van der Waals surface area contributed by atoms with Gasteiger partial charge in [0.1, 0.15) is 6.04 Å². The number of nitrogens with zero attached hydrogens (tertiary/aromatic N) is 1. The summed E-state index contributed by atoms with van der Waals surface area (Å²) in [5.41, 5.74) is 0. The number of carbonyl (C=O) groups is 3. The number of imide groups is 1. The van der Waals surface area contributed by atoms with Gasteiger partial charge in [0.15, 0.2) is 0 Å². The topological polar surface area (TPSA) is 98.7 Å². The number of carboxylic acids is 1. The van der Waals surface area contributed by atoms with Crippen LogP contribution >= 0.6 is 0 Å². The minimum Gasteiger partial charge on any atom is -0.480 e. The van der Waals surface area contributed by atoms with Crippen molar-refractivity contribution in [3.8, 4) is 0 Å². The van der Waals surface area contributed by atoms with E-state index in [0.717, 1.165) is 6.42 Å². The van der Waals surface area contributed by atoms with Gasteiger partial charge in [-0.05, 0) is 19.3 Å². The van der Waals surface area contributed by atoms with E-state index in [1.54, 1.807) is 11.8 Å². The van der Waals surface area contributed by atoms with Gasteiger partial charge in [-0.2, -0.15) is 0 Å². The fourth-order valence-electron chi connectivity index (χ4n) is 2.23. The molecule has 0 aromatic heterocycles. The second-order valence-electron chi connectivity index (χ2n) is 4.53. The van der Waals surface area contributed by atoms with Crippen molar-refractivity contribution in [1.82, 2.24) is 15.5 Å². The van der Waals surface area contributed by atoms with E-state index in [1.807, 2.05) is 6.92 Å². The van der Waals surface area contributed by atoms with Crippen LogP contribution in [0.5, 0.6) is 0 Å². The van der Waals surface area contributed by atoms with Gasteiger partial charge in [0.25, 0.3) is 0 Å². The second kappa shape index (κ2) is 5.81. The van der Waals surface area contributed by atoms with Gasteiger partial charge in [-0.25, -0.2) is 4.79 Å². The molecule has 3 atom stereocenters. The van der Waals surface area contributed by atoms with Crippen LogP contribution in [0.3, 0.4) is 0 Å². The Morgan fingerprint density at radius 1 is 1.39 bits per heavy atom. The maximum atomic E-state index is 11.8. The molecule has 0 spiro atoms. The van der Waals surface area contributed by atoms with Crippen LogP contribution in [0, 0.1) is 5.92 Å². The third-order valence-electron chi connectivity index (χ3n) is 3.33. The number of urea groups is 1. The van der Waals surface area contributed by atoms with Crippen LogP contribution in [0.25, 0.3) is 0 Å². The van der Waals surface area contributed by atoms with Crippen LogP contribution in [-0.4, -0.2) is 53.6 Å². The number of hydrogen-bond donors (Lipinski definition) is 3. The van der Waals surface area contributed by atoms with Gasteiger partial charge < -0.3 is 10.4 Å². The molecule has 0 radical (unpaired) electrons. The molecule has 3 N–H and O–H groups in total. The molecule has 18 heavy (non-hydrogen) atoms. The van der Waals surface area contributed by atoms with Gasteiger partial charge in [0.05, 0.1) is 6.04 Å². The van der Waals surface area contributed by atoms with E-state index in [9.17, 15) is 14.4 Å². The van der Waals surface area contributed by atoms with Gasteiger partial charge in [-0.3, -0.25) is 19.8 Å². The van der Waals surface area contributed by atoms with Gasteiger partial charge >= 0.3 is 12.0 Å². The van der Waals surface area contributed by atoms with Gasteiger partial charge in [-0.15, -0.1) is 0 Å². The van der Waals surface area contributed by atoms with Gasteiger partial charge in [-0.1, -0.05) is 6.92 Å². The molecule has 7 nitrogen and oxygen atoms in total. The molecule has 1 heterocycles. The first kappa shape index (κ1) is 14.4. The second-order valence-corrected chi connectivity index (χ2v) is 4.53. The summed E-state index contributed by atoms with van der Waals surface area (Å²) in [6.45, 7) is 3.99. The van der Waals surface area contributed by atoms with Crippen molar-refractivity contribution in [2.75, 3.05) is 13.6 Å². The molecule has 0 aromatic rings. The standard InChI is InChI=1S/C11H19N3O4/c1-6-4-5-14(8(6)10(16)17)7(2)9(15)13-11(18)12-3/h6-8H,4-5H2,1-3H3,(H,16,17)(H2,12,13,15,18). The molecule has 3 unspecified atom stereocenters. The SMILES string of the molecule is CNC(=O)NC(=O)C(C)N1CCC(C)C1C(=O)O. The van der Waals surface area contributed by atoms with E-state index in [2.05, 4.69) is 10.6 Å². The molecule has 1 fully saturated rings. The predicted molar refractivity (Wildman–Crippen MR) is 64.0 cm³/mol. The lowest BCUT2D eigenvalue weighted by molar-refractivity contribution is -0.145. The predicted octanol–water partition coefficient (Wildman–Crippen LogP) is -0.374. The lowest BCUT2D eigenvalue weighted by Crippen LogP contribution is -2.52. The smallest absolute Gasteiger partial charge is 0.321 e. The largest absolute Gasteiger partial charge is 0.480 e. The van der Waals surface area contributed by atoms with Crippen LogP contribution < -0.4 is 10.6 Å². The lowest BCUT2D eigenvalue weighted by atomic mass is 10.0. The third kappa shape index (κ3) is 2.98. The Kier molecular flexibility index (Phi) is 4.66. The van der Waals surface area contributed by atoms with Crippen LogP contribution in [0.15, 0.2) is 0 Å². The minimum absolute atomic E-state index is 0.00208. The summed E-state index contributed by atoms with van der Waals surface area (Å²) in [5.74, 6) is -1.42. The molecular formula is C11H19N3O4. The number of carbonyl (C=O) groups excluding carboxylic acids is 2. The molecule has 0 aliphatic carbocycles. The molecule has 0 bridgehead atoms. The molecule has 1 saturated heterocycles. The van der Waals surface area contributed by atoms with Crippen LogP contribution in [-0.2, 0) is 9.59 Å². The highest BCUT2D eigenvalue weighted by Crippen LogP contribution is 2.26. The average molecular weight is 257 g/mol. The number of rotatable bonds is 3. The fourth-order valence-corrected chi connectivity index (χ4v) is 2.23. The highest BCUT2D eigenvalue weighted by Gasteiger charge is 2.41. The summed E-state index contributed by atoms with van der Waals surface area (Å²) in [5, 5.41) is 13.6. The molecule has 0 aromatic carbocycles. The number of aliphatic carboxylic acids is 1. The van der Waals surface area contributed by atoms with E-state index in [-0.39, 0.29) is 5.92 Å². The summed E-state index contributed by atoms with van der Waals surface area (Å²) in [7, 11) is 1.41. The zero-order valence-corrected chi connectivity index (χ0v) is 10.8. The van der Waals surface area contributed by atoms with Crippen molar-refractivity contribution in [3.05, 3.63) is 0 Å². The molecule has 0 saturated carbocycles. The van der Waals surface area contributed by atoms with Crippen molar-refractivity contribution in [2.45, 2.75) is 32.4 Å². The molecule has 1 aliphatic heterocycles. The summed E-state index contributed by atoms with van der Waals surface area (Å²) in [6, 6.07) is -1.91. The summed E-state index contributed by atoms with van der Waals surface area (Å²) in [4.78, 5) is 35.6. The van der Waals surface area contributed by atoms with E-state index >= 15 is 0 Å². The van der Waals surface area contributed by atoms with E-state index in [0.29, 0.717) is 6.54 Å². The Bertz CT molecular complexity index is 358. The number of amides is 3. The van der Waals surface area contributed by atoms with Crippen molar-refractivity contribution >= 4 is 17.9 Å². The Balaban J connectivity index is 2.71. The molecule has 1 rings (SSSR count). The normalized spacial score (nSPS) is 25.5. The maximum absolute atomic E-state index is 11.8. The maximum Gasteiger partial charge on any atom is 0.321 e. The Morgan fingerprint density at radius 3 is 2.50 bits per heavy atom. The monoisotopic (exact) mass is 257 g/mol. The van der Waals surface area contributed by atoms with E-state index in [4.69, 9.17) is 5.11 Å². The molecular weight excluding hydrogens is 238 g/mol. The molecule has 1 aliphatic rings. The summed E-state index contributed by atoms with van der Waals surface area (Å²) in [6.07, 6.45) is 0.731. The zero-order chi connectivity index (χ0) is 13.9. The van der Waals surface area contributed by atoms with Crippen LogP contribution in [0.2, 0.25) is 0 Å². The number of hydrogen-bond acceptors (Lipinski definition) is 4. The first-order valence-electron chi connectivity index (χ1n) is 5.89. The van der Waals surface area contributed by atoms with Crippen molar-refractivity contribution in [1.29, 1.82) is 0 Å². The molecule has 3 amide bonds. The summed E-state index contributed by atoms with van der Waals surface area (Å²) < 4.78 is 0. The Labute approximate surface area is 106 Å². The highest BCUT2D eigenvalue weighted by molar-refractivity contribution is 5.97. The van der Waals surface area contributed by atoms with Crippen molar-refractivity contribution in [3.63, 3.8) is 0 Å².